The second kappa shape index (κ2) is 4.77. The number of aliphatic carboxylic acids is 1. The van der Waals surface area contributed by atoms with Crippen LogP contribution < -0.4 is 10.6 Å². The maximum absolute atomic E-state index is 12.2. The van der Waals surface area contributed by atoms with Crippen LogP contribution in [0.15, 0.2) is 0 Å². The number of carbonyl (C=O) groups excluding carboxylic acids is 3. The second-order valence-electron chi connectivity index (χ2n) is 5.42. The van der Waals surface area contributed by atoms with Gasteiger partial charge in [0.15, 0.2) is 0 Å². The van der Waals surface area contributed by atoms with Crippen molar-refractivity contribution < 1.29 is 24.3 Å². The quantitative estimate of drug-likeness (QED) is 0.584. The van der Waals surface area contributed by atoms with Crippen LogP contribution in [0.1, 0.15) is 20.3 Å². The van der Waals surface area contributed by atoms with Crippen LogP contribution >= 0.6 is 0 Å². The molecular formula is C12H17N3O5. The fourth-order valence-electron chi connectivity index (χ4n) is 2.53. The third kappa shape index (κ3) is 2.21. The van der Waals surface area contributed by atoms with Crippen LogP contribution in [0.25, 0.3) is 0 Å². The number of urea groups is 1. The van der Waals surface area contributed by atoms with E-state index < -0.39 is 35.3 Å². The number of amides is 4. The van der Waals surface area contributed by atoms with Crippen LogP contribution in [0, 0.1) is 11.8 Å². The van der Waals surface area contributed by atoms with Crippen LogP contribution in [0.2, 0.25) is 0 Å². The number of carboxylic acid groups (broad SMARTS) is 1. The van der Waals surface area contributed by atoms with Crippen LogP contribution in [-0.2, 0) is 14.4 Å². The average molecular weight is 283 g/mol. The summed E-state index contributed by atoms with van der Waals surface area (Å²) in [6, 6.07) is -0.559. The fourth-order valence-corrected chi connectivity index (χ4v) is 2.53. The molecule has 3 unspecified atom stereocenters. The van der Waals surface area contributed by atoms with E-state index in [-0.39, 0.29) is 12.5 Å². The van der Waals surface area contributed by atoms with E-state index in [4.69, 9.17) is 5.11 Å². The molecule has 1 spiro atoms. The van der Waals surface area contributed by atoms with Crippen molar-refractivity contribution >= 4 is 23.8 Å². The standard InChI is InChI=1S/C12H17N3O5/c1-6(7(2)9(17)18)8(16)15-4-3-12(5-15)10(19)13-11(20)14-12/h6-7H,3-5H2,1-2H3,(H,17,18)(H2,13,14,19,20). The fraction of sp³-hybridized carbons (Fsp3) is 0.667. The van der Waals surface area contributed by atoms with Crippen LogP contribution in [0.4, 0.5) is 4.79 Å². The monoisotopic (exact) mass is 283 g/mol. The summed E-state index contributed by atoms with van der Waals surface area (Å²) in [6.45, 7) is 3.43. The minimum absolute atomic E-state index is 0.0834. The molecule has 0 aromatic heterocycles. The topological polar surface area (TPSA) is 116 Å². The highest BCUT2D eigenvalue weighted by Gasteiger charge is 2.52. The van der Waals surface area contributed by atoms with Gasteiger partial charge in [0.05, 0.1) is 12.5 Å². The van der Waals surface area contributed by atoms with Crippen molar-refractivity contribution in [3.8, 4) is 0 Å². The molecule has 0 radical (unpaired) electrons. The highest BCUT2D eigenvalue weighted by atomic mass is 16.4. The van der Waals surface area contributed by atoms with Crippen molar-refractivity contribution in [3.63, 3.8) is 0 Å². The highest BCUT2D eigenvalue weighted by Crippen LogP contribution is 2.27. The predicted molar refractivity (Wildman–Crippen MR) is 66.6 cm³/mol. The summed E-state index contributed by atoms with van der Waals surface area (Å²) >= 11 is 0. The largest absolute Gasteiger partial charge is 0.481 e. The van der Waals surface area contributed by atoms with Crippen molar-refractivity contribution in [2.24, 2.45) is 11.8 Å². The molecule has 0 aliphatic carbocycles. The molecule has 0 aromatic rings. The molecule has 2 heterocycles. The molecule has 8 heteroatoms. The molecule has 2 aliphatic rings. The number of rotatable bonds is 3. The molecule has 0 saturated carbocycles. The van der Waals surface area contributed by atoms with Crippen molar-refractivity contribution in [3.05, 3.63) is 0 Å². The summed E-state index contributed by atoms with van der Waals surface area (Å²) < 4.78 is 0. The Bertz CT molecular complexity index is 491. The van der Waals surface area contributed by atoms with Crippen molar-refractivity contribution in [2.75, 3.05) is 13.1 Å². The second-order valence-corrected chi connectivity index (χ2v) is 5.42. The maximum atomic E-state index is 12.2. The lowest BCUT2D eigenvalue weighted by molar-refractivity contribution is -0.148. The molecule has 110 valence electrons. The first kappa shape index (κ1) is 14.3. The zero-order valence-corrected chi connectivity index (χ0v) is 11.3. The van der Waals surface area contributed by atoms with Gasteiger partial charge in [0.25, 0.3) is 5.91 Å². The number of carbonyl (C=O) groups is 4. The summed E-state index contributed by atoms with van der Waals surface area (Å²) in [5.74, 6) is -3.26. The Morgan fingerprint density at radius 2 is 1.95 bits per heavy atom. The van der Waals surface area contributed by atoms with E-state index in [1.54, 1.807) is 6.92 Å². The van der Waals surface area contributed by atoms with Gasteiger partial charge in [0.2, 0.25) is 5.91 Å². The SMILES string of the molecule is CC(C(=O)O)C(C)C(=O)N1CCC2(C1)NC(=O)NC2=O. The minimum Gasteiger partial charge on any atom is -0.481 e. The van der Waals surface area contributed by atoms with Gasteiger partial charge in [-0.1, -0.05) is 13.8 Å². The third-order valence-corrected chi connectivity index (χ3v) is 4.12. The van der Waals surface area contributed by atoms with Crippen LogP contribution in [0.3, 0.4) is 0 Å². The zero-order chi connectivity index (χ0) is 15.1. The van der Waals surface area contributed by atoms with Gasteiger partial charge >= 0.3 is 12.0 Å². The normalized spacial score (nSPS) is 28.2. The van der Waals surface area contributed by atoms with Gasteiger partial charge in [-0.15, -0.1) is 0 Å². The lowest BCUT2D eigenvalue weighted by Gasteiger charge is -2.25. The Labute approximate surface area is 115 Å². The van der Waals surface area contributed by atoms with Gasteiger partial charge < -0.3 is 15.3 Å². The summed E-state index contributed by atoms with van der Waals surface area (Å²) in [5, 5.41) is 13.6. The van der Waals surface area contributed by atoms with E-state index in [2.05, 4.69) is 10.6 Å². The number of nitrogens with zero attached hydrogens (tertiary/aromatic N) is 1. The number of carboxylic acids is 1. The first-order valence-corrected chi connectivity index (χ1v) is 6.42. The molecule has 4 amide bonds. The predicted octanol–water partition coefficient (Wildman–Crippen LogP) is -0.846. The van der Waals surface area contributed by atoms with Gasteiger partial charge in [-0.05, 0) is 6.42 Å². The lowest BCUT2D eigenvalue weighted by atomic mass is 9.94. The Morgan fingerprint density at radius 3 is 2.45 bits per heavy atom. The van der Waals surface area contributed by atoms with Crippen molar-refractivity contribution in [2.45, 2.75) is 25.8 Å². The molecule has 2 fully saturated rings. The Morgan fingerprint density at radius 1 is 1.30 bits per heavy atom. The summed E-state index contributed by atoms with van der Waals surface area (Å²) in [4.78, 5) is 47.6. The minimum atomic E-state index is -1.06. The lowest BCUT2D eigenvalue weighted by Crippen LogP contribution is -2.50. The number of likely N-dealkylation sites (tertiary alicyclic amines) is 1. The molecule has 3 N–H and O–H groups in total. The van der Waals surface area contributed by atoms with Gasteiger partial charge in [0.1, 0.15) is 5.54 Å². The Kier molecular flexibility index (Phi) is 3.41. The van der Waals surface area contributed by atoms with Gasteiger partial charge in [-0.25, -0.2) is 4.79 Å². The molecule has 0 aromatic carbocycles. The molecule has 8 nitrogen and oxygen atoms in total. The van der Waals surface area contributed by atoms with Crippen molar-refractivity contribution in [1.29, 1.82) is 0 Å². The molecule has 0 bridgehead atoms. The first-order valence-electron chi connectivity index (χ1n) is 6.42. The summed E-state index contributed by atoms with van der Waals surface area (Å²) in [6.07, 6.45) is 0.338. The number of nitrogens with one attached hydrogen (secondary N) is 2. The Balaban J connectivity index is 2.06. The molecular weight excluding hydrogens is 266 g/mol. The molecule has 2 rings (SSSR count). The molecule has 2 aliphatic heterocycles. The third-order valence-electron chi connectivity index (χ3n) is 4.12. The van der Waals surface area contributed by atoms with E-state index in [0.717, 1.165) is 0 Å². The Hall–Kier alpha value is -2.12. The smallest absolute Gasteiger partial charge is 0.322 e. The zero-order valence-electron chi connectivity index (χ0n) is 11.3. The van der Waals surface area contributed by atoms with E-state index in [0.29, 0.717) is 13.0 Å². The first-order chi connectivity index (χ1) is 9.27. The van der Waals surface area contributed by atoms with Crippen LogP contribution in [0.5, 0.6) is 0 Å². The number of imide groups is 1. The van der Waals surface area contributed by atoms with E-state index >= 15 is 0 Å². The summed E-state index contributed by atoms with van der Waals surface area (Å²) in [5.41, 5.74) is -1.06. The van der Waals surface area contributed by atoms with E-state index in [1.807, 2.05) is 0 Å². The number of hydrogen-bond donors (Lipinski definition) is 3. The maximum Gasteiger partial charge on any atom is 0.322 e. The molecule has 3 atom stereocenters. The highest BCUT2D eigenvalue weighted by molar-refractivity contribution is 6.07. The van der Waals surface area contributed by atoms with Crippen molar-refractivity contribution in [1.82, 2.24) is 15.5 Å². The van der Waals surface area contributed by atoms with Gasteiger partial charge in [-0.2, -0.15) is 0 Å². The molecule has 20 heavy (non-hydrogen) atoms. The van der Waals surface area contributed by atoms with E-state index in [1.165, 1.54) is 11.8 Å². The van der Waals surface area contributed by atoms with Gasteiger partial charge in [0, 0.05) is 12.5 Å². The molecule has 2 saturated heterocycles. The number of hydrogen-bond acceptors (Lipinski definition) is 4. The van der Waals surface area contributed by atoms with Crippen LogP contribution in [-0.4, -0.2) is 52.4 Å². The van der Waals surface area contributed by atoms with E-state index in [9.17, 15) is 19.2 Å². The summed E-state index contributed by atoms with van der Waals surface area (Å²) in [7, 11) is 0. The van der Waals surface area contributed by atoms with Gasteiger partial charge in [-0.3, -0.25) is 19.7 Å². The average Bonchev–Trinajstić information content (AvgIpc) is 2.92.